The lowest BCUT2D eigenvalue weighted by Gasteiger charge is -2.34. The van der Waals surface area contributed by atoms with Crippen molar-refractivity contribution < 1.29 is 9.59 Å². The van der Waals surface area contributed by atoms with Gasteiger partial charge in [0.15, 0.2) is 0 Å². The van der Waals surface area contributed by atoms with E-state index in [1.807, 2.05) is 11.8 Å². The number of rotatable bonds is 5. The van der Waals surface area contributed by atoms with Gasteiger partial charge in [0.1, 0.15) is 0 Å². The second-order valence-electron chi connectivity index (χ2n) is 7.67. The molecule has 2 aliphatic rings. The SMILES string of the molecule is CC(C)C(C)NC(=O)C1CCN(C(=O)[C@@H]2CCC[C@@H]2CN)CC1. The molecule has 1 unspecified atom stereocenters. The normalized spacial score (nSPS) is 27.3. The summed E-state index contributed by atoms with van der Waals surface area (Å²) in [6.45, 7) is 8.31. The van der Waals surface area contributed by atoms with Crippen LogP contribution in [0, 0.1) is 23.7 Å². The quantitative estimate of drug-likeness (QED) is 0.809. The Balaban J connectivity index is 1.81. The number of carbonyl (C=O) groups is 2. The average Bonchev–Trinajstić information content (AvgIpc) is 3.02. The standard InChI is InChI=1S/C18H33N3O2/c1-12(2)13(3)20-17(22)14-7-9-21(10-8-14)18(23)16-6-4-5-15(16)11-19/h12-16H,4-11,19H2,1-3H3,(H,20,22)/t13?,15-,16-/m1/s1. The summed E-state index contributed by atoms with van der Waals surface area (Å²) >= 11 is 0. The van der Waals surface area contributed by atoms with Crippen LogP contribution in [0.2, 0.25) is 0 Å². The predicted octanol–water partition coefficient (Wildman–Crippen LogP) is 1.76. The summed E-state index contributed by atoms with van der Waals surface area (Å²) in [4.78, 5) is 27.0. The zero-order chi connectivity index (χ0) is 17.0. The topological polar surface area (TPSA) is 75.4 Å². The Bertz CT molecular complexity index is 416. The molecule has 5 heteroatoms. The maximum atomic E-state index is 12.7. The van der Waals surface area contributed by atoms with E-state index in [1.54, 1.807) is 0 Å². The second kappa shape index (κ2) is 8.13. The van der Waals surface area contributed by atoms with Crippen molar-refractivity contribution in [2.45, 2.75) is 58.9 Å². The van der Waals surface area contributed by atoms with Crippen LogP contribution in [-0.2, 0) is 9.59 Å². The van der Waals surface area contributed by atoms with Crippen molar-refractivity contribution in [2.24, 2.45) is 29.4 Å². The average molecular weight is 323 g/mol. The van der Waals surface area contributed by atoms with Crippen LogP contribution in [0.25, 0.3) is 0 Å². The molecule has 1 heterocycles. The molecule has 2 amide bonds. The highest BCUT2D eigenvalue weighted by atomic mass is 16.2. The third-order valence-electron chi connectivity index (χ3n) is 5.83. The van der Waals surface area contributed by atoms with Crippen molar-refractivity contribution in [1.82, 2.24) is 10.2 Å². The summed E-state index contributed by atoms with van der Waals surface area (Å²) in [7, 11) is 0. The van der Waals surface area contributed by atoms with Crippen molar-refractivity contribution in [3.63, 3.8) is 0 Å². The highest BCUT2D eigenvalue weighted by molar-refractivity contribution is 5.81. The molecule has 3 atom stereocenters. The monoisotopic (exact) mass is 323 g/mol. The van der Waals surface area contributed by atoms with E-state index in [9.17, 15) is 9.59 Å². The van der Waals surface area contributed by atoms with Gasteiger partial charge in [0.2, 0.25) is 11.8 Å². The van der Waals surface area contributed by atoms with E-state index >= 15 is 0 Å². The molecule has 0 bridgehead atoms. The number of hydrogen-bond acceptors (Lipinski definition) is 3. The highest BCUT2D eigenvalue weighted by Gasteiger charge is 2.36. The first kappa shape index (κ1) is 18.2. The van der Waals surface area contributed by atoms with Crippen molar-refractivity contribution in [3.05, 3.63) is 0 Å². The summed E-state index contributed by atoms with van der Waals surface area (Å²) in [5.41, 5.74) is 5.80. The van der Waals surface area contributed by atoms with Gasteiger partial charge >= 0.3 is 0 Å². The molecule has 23 heavy (non-hydrogen) atoms. The van der Waals surface area contributed by atoms with Crippen LogP contribution in [0.3, 0.4) is 0 Å². The summed E-state index contributed by atoms with van der Waals surface area (Å²) in [5, 5.41) is 3.11. The molecule has 1 aliphatic heterocycles. The van der Waals surface area contributed by atoms with E-state index < -0.39 is 0 Å². The number of piperidine rings is 1. The second-order valence-corrected chi connectivity index (χ2v) is 7.67. The van der Waals surface area contributed by atoms with E-state index in [1.165, 1.54) is 0 Å². The van der Waals surface area contributed by atoms with E-state index in [0.29, 0.717) is 31.5 Å². The molecule has 5 nitrogen and oxygen atoms in total. The summed E-state index contributed by atoms with van der Waals surface area (Å²) in [5.74, 6) is 1.39. The van der Waals surface area contributed by atoms with Gasteiger partial charge in [-0.1, -0.05) is 20.3 Å². The van der Waals surface area contributed by atoms with E-state index in [2.05, 4.69) is 19.2 Å². The Hall–Kier alpha value is -1.10. The lowest BCUT2D eigenvalue weighted by molar-refractivity contribution is -0.140. The molecule has 1 saturated heterocycles. The highest BCUT2D eigenvalue weighted by Crippen LogP contribution is 2.33. The van der Waals surface area contributed by atoms with E-state index in [0.717, 1.165) is 32.1 Å². The van der Waals surface area contributed by atoms with Gasteiger partial charge in [-0.3, -0.25) is 9.59 Å². The van der Waals surface area contributed by atoms with Crippen molar-refractivity contribution in [2.75, 3.05) is 19.6 Å². The first-order valence-electron chi connectivity index (χ1n) is 9.23. The van der Waals surface area contributed by atoms with Crippen LogP contribution in [0.1, 0.15) is 52.9 Å². The van der Waals surface area contributed by atoms with Gasteiger partial charge < -0.3 is 16.0 Å². The number of carbonyl (C=O) groups excluding carboxylic acids is 2. The van der Waals surface area contributed by atoms with Gasteiger partial charge in [-0.2, -0.15) is 0 Å². The van der Waals surface area contributed by atoms with Crippen LogP contribution >= 0.6 is 0 Å². The van der Waals surface area contributed by atoms with Crippen LogP contribution in [0.15, 0.2) is 0 Å². The Morgan fingerprint density at radius 1 is 1.13 bits per heavy atom. The molecule has 2 rings (SSSR count). The minimum absolute atomic E-state index is 0.0501. The predicted molar refractivity (Wildman–Crippen MR) is 91.6 cm³/mol. The smallest absolute Gasteiger partial charge is 0.226 e. The third kappa shape index (κ3) is 4.46. The largest absolute Gasteiger partial charge is 0.353 e. The molecule has 0 aromatic rings. The van der Waals surface area contributed by atoms with Gasteiger partial charge in [0, 0.05) is 31.0 Å². The number of likely N-dealkylation sites (tertiary alicyclic amines) is 1. The third-order valence-corrected chi connectivity index (χ3v) is 5.83. The molecule has 1 aliphatic carbocycles. The van der Waals surface area contributed by atoms with Gasteiger partial charge in [0.05, 0.1) is 0 Å². The fraction of sp³-hybridized carbons (Fsp3) is 0.889. The zero-order valence-corrected chi connectivity index (χ0v) is 14.9. The van der Waals surface area contributed by atoms with Crippen LogP contribution < -0.4 is 11.1 Å². The lowest BCUT2D eigenvalue weighted by Crippen LogP contribution is -2.47. The minimum Gasteiger partial charge on any atom is -0.353 e. The van der Waals surface area contributed by atoms with Gasteiger partial charge in [-0.15, -0.1) is 0 Å². The first-order chi connectivity index (χ1) is 10.9. The fourth-order valence-corrected chi connectivity index (χ4v) is 3.75. The molecule has 0 spiro atoms. The minimum atomic E-state index is 0.0501. The van der Waals surface area contributed by atoms with Crippen LogP contribution in [0.4, 0.5) is 0 Å². The molecule has 0 aromatic heterocycles. The molecule has 2 fully saturated rings. The number of nitrogens with two attached hydrogens (primary N) is 1. The Labute approximate surface area is 140 Å². The first-order valence-corrected chi connectivity index (χ1v) is 9.23. The summed E-state index contributed by atoms with van der Waals surface area (Å²) < 4.78 is 0. The molecule has 1 saturated carbocycles. The molecule has 0 aromatic carbocycles. The van der Waals surface area contributed by atoms with Crippen molar-refractivity contribution in [1.29, 1.82) is 0 Å². The number of nitrogens with zero attached hydrogens (tertiary/aromatic N) is 1. The Kier molecular flexibility index (Phi) is 6.45. The number of amides is 2. The van der Waals surface area contributed by atoms with Crippen molar-refractivity contribution >= 4 is 11.8 Å². The molecule has 0 radical (unpaired) electrons. The Morgan fingerprint density at radius 2 is 1.78 bits per heavy atom. The Morgan fingerprint density at radius 3 is 2.35 bits per heavy atom. The van der Waals surface area contributed by atoms with Gasteiger partial charge in [-0.05, 0) is 51.0 Å². The van der Waals surface area contributed by atoms with Crippen molar-refractivity contribution in [3.8, 4) is 0 Å². The maximum absolute atomic E-state index is 12.7. The van der Waals surface area contributed by atoms with E-state index in [-0.39, 0.29) is 29.7 Å². The molecular weight excluding hydrogens is 290 g/mol. The van der Waals surface area contributed by atoms with Crippen LogP contribution in [0.5, 0.6) is 0 Å². The number of hydrogen-bond donors (Lipinski definition) is 2. The van der Waals surface area contributed by atoms with Gasteiger partial charge in [-0.25, -0.2) is 0 Å². The van der Waals surface area contributed by atoms with E-state index in [4.69, 9.17) is 5.73 Å². The fourth-order valence-electron chi connectivity index (χ4n) is 3.75. The zero-order valence-electron chi connectivity index (χ0n) is 14.9. The molecule has 3 N–H and O–H groups in total. The maximum Gasteiger partial charge on any atom is 0.226 e. The molecule has 132 valence electrons. The summed E-state index contributed by atoms with van der Waals surface area (Å²) in [6, 6.07) is 0.200. The lowest BCUT2D eigenvalue weighted by atomic mass is 9.91. The van der Waals surface area contributed by atoms with Gasteiger partial charge in [0.25, 0.3) is 0 Å². The summed E-state index contributed by atoms with van der Waals surface area (Å²) in [6.07, 6.45) is 4.74. The number of nitrogens with one attached hydrogen (secondary N) is 1. The molecular formula is C18H33N3O2. The van der Waals surface area contributed by atoms with Crippen LogP contribution in [-0.4, -0.2) is 42.4 Å².